The van der Waals surface area contributed by atoms with Crippen molar-refractivity contribution in [1.82, 2.24) is 10.6 Å². The number of amides is 3. The van der Waals surface area contributed by atoms with Crippen LogP contribution in [0.4, 0.5) is 4.79 Å². The summed E-state index contributed by atoms with van der Waals surface area (Å²) in [7, 11) is 0. The molecule has 0 aliphatic carbocycles. The second kappa shape index (κ2) is 9.39. The molecule has 0 unspecified atom stereocenters. The molecule has 0 saturated carbocycles. The van der Waals surface area contributed by atoms with Crippen molar-refractivity contribution in [2.75, 3.05) is 13.2 Å². The van der Waals surface area contributed by atoms with E-state index in [1.165, 1.54) is 17.4 Å². The number of thiophene rings is 1. The molecule has 0 aliphatic rings. The highest BCUT2D eigenvalue weighted by Crippen LogP contribution is 2.28. The fraction of sp³-hybridized carbons (Fsp3) is 0.167. The number of ether oxygens (including phenoxy) is 1. The molecule has 130 valence electrons. The number of hydrogen-bond donors (Lipinski definition) is 2. The van der Waals surface area contributed by atoms with Gasteiger partial charge in [-0.3, -0.25) is 10.1 Å². The van der Waals surface area contributed by atoms with Gasteiger partial charge in [-0.2, -0.15) is 0 Å². The van der Waals surface area contributed by atoms with Gasteiger partial charge in [0.2, 0.25) is 0 Å². The summed E-state index contributed by atoms with van der Waals surface area (Å²) in [6.45, 7) is 1.61. The molecule has 0 atom stereocenters. The Hall–Kier alpha value is -2.93. The Balaban J connectivity index is 1.82. The molecule has 0 fully saturated rings. The van der Waals surface area contributed by atoms with E-state index in [-0.39, 0.29) is 0 Å². The Morgan fingerprint density at radius 3 is 2.60 bits per heavy atom. The first-order valence-electron chi connectivity index (χ1n) is 7.66. The Morgan fingerprint density at radius 2 is 1.88 bits per heavy atom. The number of urea groups is 1. The molecule has 1 heterocycles. The molecule has 3 amide bonds. The van der Waals surface area contributed by atoms with Crippen LogP contribution in [0, 0.1) is 0 Å². The third-order valence-electron chi connectivity index (χ3n) is 3.00. The fourth-order valence-corrected chi connectivity index (χ4v) is 2.82. The molecule has 25 heavy (non-hydrogen) atoms. The zero-order valence-electron chi connectivity index (χ0n) is 13.7. The van der Waals surface area contributed by atoms with Crippen LogP contribution in [-0.2, 0) is 14.3 Å². The van der Waals surface area contributed by atoms with Gasteiger partial charge >= 0.3 is 12.0 Å². The van der Waals surface area contributed by atoms with E-state index in [1.54, 1.807) is 13.0 Å². The highest BCUT2D eigenvalue weighted by atomic mass is 32.1. The summed E-state index contributed by atoms with van der Waals surface area (Å²) >= 11 is 1.54. The number of benzene rings is 1. The monoisotopic (exact) mass is 358 g/mol. The van der Waals surface area contributed by atoms with E-state index < -0.39 is 24.5 Å². The quantitative estimate of drug-likeness (QED) is 0.614. The van der Waals surface area contributed by atoms with Crippen LogP contribution in [0.1, 0.15) is 11.8 Å². The average Bonchev–Trinajstić information content (AvgIpc) is 3.08. The topological polar surface area (TPSA) is 84.5 Å². The van der Waals surface area contributed by atoms with Crippen LogP contribution in [-0.4, -0.2) is 31.1 Å². The Kier molecular flexibility index (Phi) is 6.91. The van der Waals surface area contributed by atoms with Gasteiger partial charge in [0.1, 0.15) is 0 Å². The van der Waals surface area contributed by atoms with E-state index in [1.807, 2.05) is 47.8 Å². The molecule has 0 radical (unpaired) electrons. The summed E-state index contributed by atoms with van der Waals surface area (Å²) in [5, 5.41) is 4.45. The van der Waals surface area contributed by atoms with Gasteiger partial charge in [-0.05, 0) is 30.7 Å². The third kappa shape index (κ3) is 6.23. The van der Waals surface area contributed by atoms with Crippen molar-refractivity contribution in [3.8, 4) is 10.4 Å². The fourth-order valence-electron chi connectivity index (χ4n) is 1.90. The molecule has 0 aliphatic heterocycles. The number of hydrogen-bond acceptors (Lipinski definition) is 5. The first kappa shape index (κ1) is 18.4. The minimum atomic E-state index is -0.685. The van der Waals surface area contributed by atoms with Crippen LogP contribution < -0.4 is 10.6 Å². The molecule has 2 N–H and O–H groups in total. The highest BCUT2D eigenvalue weighted by Gasteiger charge is 2.08. The summed E-state index contributed by atoms with van der Waals surface area (Å²) in [5.41, 5.74) is 1.11. The maximum Gasteiger partial charge on any atom is 0.331 e. The molecule has 1 aromatic heterocycles. The standard InChI is InChI=1S/C18H18N2O4S/c1-2-19-18(23)20-16(21)12-24-17(22)11-9-14-8-10-15(25-14)13-6-4-3-5-7-13/h3-11H,2,12H2,1H3,(H2,19,20,21,23)/b11-9+. The SMILES string of the molecule is CCNC(=O)NC(=O)COC(=O)/C=C/c1ccc(-c2ccccc2)s1. The number of esters is 1. The molecule has 0 saturated heterocycles. The van der Waals surface area contributed by atoms with Crippen molar-refractivity contribution < 1.29 is 19.1 Å². The van der Waals surface area contributed by atoms with E-state index in [0.717, 1.165) is 15.3 Å². The van der Waals surface area contributed by atoms with Crippen LogP contribution in [0.2, 0.25) is 0 Å². The number of carbonyl (C=O) groups excluding carboxylic acids is 3. The van der Waals surface area contributed by atoms with Crippen LogP contribution in [0.15, 0.2) is 48.5 Å². The van der Waals surface area contributed by atoms with Crippen LogP contribution in [0.25, 0.3) is 16.5 Å². The lowest BCUT2D eigenvalue weighted by Crippen LogP contribution is -2.41. The number of carbonyl (C=O) groups is 3. The summed E-state index contributed by atoms with van der Waals surface area (Å²) in [4.78, 5) is 36.1. The molecule has 0 bridgehead atoms. The van der Waals surface area contributed by atoms with Crippen LogP contribution in [0.5, 0.6) is 0 Å². The van der Waals surface area contributed by atoms with Crippen molar-refractivity contribution >= 4 is 35.3 Å². The number of rotatable bonds is 6. The first-order chi connectivity index (χ1) is 12.1. The lowest BCUT2D eigenvalue weighted by Gasteiger charge is -2.04. The molecule has 2 rings (SSSR count). The molecular weight excluding hydrogens is 340 g/mol. The minimum Gasteiger partial charge on any atom is -0.452 e. The number of imide groups is 1. The summed E-state index contributed by atoms with van der Waals surface area (Å²) in [5.74, 6) is -1.34. The second-order valence-electron chi connectivity index (χ2n) is 4.92. The van der Waals surface area contributed by atoms with Crippen molar-refractivity contribution in [3.63, 3.8) is 0 Å². The lowest BCUT2D eigenvalue weighted by atomic mass is 10.2. The van der Waals surface area contributed by atoms with Gasteiger partial charge in [0.05, 0.1) is 0 Å². The molecule has 6 nitrogen and oxygen atoms in total. The highest BCUT2D eigenvalue weighted by molar-refractivity contribution is 7.16. The van der Waals surface area contributed by atoms with E-state index in [4.69, 9.17) is 4.74 Å². The summed E-state index contributed by atoms with van der Waals surface area (Å²) in [6.07, 6.45) is 2.88. The Morgan fingerprint density at radius 1 is 1.12 bits per heavy atom. The molecule has 2 aromatic rings. The van der Waals surface area contributed by atoms with Gasteiger partial charge in [-0.1, -0.05) is 30.3 Å². The third-order valence-corrected chi connectivity index (χ3v) is 4.10. The van der Waals surface area contributed by atoms with Crippen molar-refractivity contribution in [3.05, 3.63) is 53.4 Å². The molecule has 1 aromatic carbocycles. The maximum absolute atomic E-state index is 11.6. The molecule has 7 heteroatoms. The van der Waals surface area contributed by atoms with Gasteiger partial charge in [0.25, 0.3) is 5.91 Å². The van der Waals surface area contributed by atoms with E-state index in [9.17, 15) is 14.4 Å². The van der Waals surface area contributed by atoms with E-state index >= 15 is 0 Å². The maximum atomic E-state index is 11.6. The van der Waals surface area contributed by atoms with Gasteiger partial charge in [0.15, 0.2) is 6.61 Å². The van der Waals surface area contributed by atoms with Crippen molar-refractivity contribution in [1.29, 1.82) is 0 Å². The van der Waals surface area contributed by atoms with Gasteiger partial charge in [0, 0.05) is 22.4 Å². The smallest absolute Gasteiger partial charge is 0.331 e. The van der Waals surface area contributed by atoms with Gasteiger partial charge < -0.3 is 10.1 Å². The predicted molar refractivity (Wildman–Crippen MR) is 97.0 cm³/mol. The van der Waals surface area contributed by atoms with Gasteiger partial charge in [-0.25, -0.2) is 9.59 Å². The van der Waals surface area contributed by atoms with Crippen molar-refractivity contribution in [2.24, 2.45) is 0 Å². The summed E-state index contributed by atoms with van der Waals surface area (Å²) in [6, 6.07) is 13.2. The Bertz CT molecular complexity index is 768. The molecule has 0 spiro atoms. The average molecular weight is 358 g/mol. The Labute approximate surface area is 149 Å². The zero-order chi connectivity index (χ0) is 18.1. The molecular formula is C18H18N2O4S. The van der Waals surface area contributed by atoms with Crippen LogP contribution >= 0.6 is 11.3 Å². The predicted octanol–water partition coefficient (Wildman–Crippen LogP) is 2.82. The normalized spacial score (nSPS) is 10.4. The summed E-state index contributed by atoms with van der Waals surface area (Å²) < 4.78 is 4.78. The van der Waals surface area contributed by atoms with Gasteiger partial charge in [-0.15, -0.1) is 11.3 Å². The van der Waals surface area contributed by atoms with Crippen molar-refractivity contribution in [2.45, 2.75) is 6.92 Å². The zero-order valence-corrected chi connectivity index (χ0v) is 14.5. The van der Waals surface area contributed by atoms with E-state index in [2.05, 4.69) is 5.32 Å². The van der Waals surface area contributed by atoms with Crippen LogP contribution in [0.3, 0.4) is 0 Å². The first-order valence-corrected chi connectivity index (χ1v) is 8.48. The second-order valence-corrected chi connectivity index (χ2v) is 6.03. The largest absolute Gasteiger partial charge is 0.452 e. The number of nitrogens with one attached hydrogen (secondary N) is 2. The van der Waals surface area contributed by atoms with E-state index in [0.29, 0.717) is 6.54 Å². The minimum absolute atomic E-state index is 0.396. The lowest BCUT2D eigenvalue weighted by molar-refractivity contribution is -0.143.